The fourth-order valence-electron chi connectivity index (χ4n) is 5.22. The average Bonchev–Trinajstić information content (AvgIpc) is 2.94. The summed E-state index contributed by atoms with van der Waals surface area (Å²) in [4.78, 5) is 42.2. The van der Waals surface area contributed by atoms with Crippen LogP contribution in [-0.2, 0) is 35.6 Å². The minimum absolute atomic E-state index is 0.104. The zero-order valence-corrected chi connectivity index (χ0v) is 28.9. The van der Waals surface area contributed by atoms with Gasteiger partial charge >= 0.3 is 0 Å². The van der Waals surface area contributed by atoms with Gasteiger partial charge in [-0.15, -0.1) is 0 Å². The second kappa shape index (κ2) is 15.1. The first-order valence-electron chi connectivity index (χ1n) is 15.0. The Hall–Kier alpha value is -3.57. The van der Waals surface area contributed by atoms with E-state index in [1.165, 1.54) is 24.0 Å². The van der Waals surface area contributed by atoms with Crippen LogP contribution in [0.15, 0.2) is 66.2 Å². The van der Waals surface area contributed by atoms with Crippen molar-refractivity contribution < 1.29 is 27.2 Å². The van der Waals surface area contributed by atoms with Crippen LogP contribution in [0.5, 0.6) is 0 Å². The number of hydrogen-bond acceptors (Lipinski definition) is 6. The Kier molecular flexibility index (Phi) is 12.7. The van der Waals surface area contributed by atoms with Crippen LogP contribution < -0.4 is 15.4 Å². The van der Waals surface area contributed by atoms with E-state index in [2.05, 4.69) is 15.4 Å². The molecule has 45 heavy (non-hydrogen) atoms. The summed E-state index contributed by atoms with van der Waals surface area (Å²) in [7, 11) is -0.754. The molecule has 0 saturated carbocycles. The lowest BCUT2D eigenvalue weighted by molar-refractivity contribution is -0.140. The standard InChI is InChI=1S/C34H49FN4O5S/c1-22(2)27(20-23(3)30(40)38-45(43,44)21-24-16-18-26(35)19-17-24)39(10)32(42)29(33(4,5)6)37-31(41)28(36-9)34(7,8)25-14-12-11-13-15-25/h11-20,22,27-29,36H,21H2,1-10H3,(H,37,41)(H,38,40)/b23-20+. The lowest BCUT2D eigenvalue weighted by Gasteiger charge is -2.40. The Morgan fingerprint density at radius 1 is 0.933 bits per heavy atom. The van der Waals surface area contributed by atoms with Crippen LogP contribution in [0.25, 0.3) is 0 Å². The molecule has 2 aromatic carbocycles. The zero-order valence-electron chi connectivity index (χ0n) is 28.1. The highest BCUT2D eigenvalue weighted by Crippen LogP contribution is 2.29. The summed E-state index contributed by atoms with van der Waals surface area (Å²) >= 11 is 0. The molecule has 0 aliphatic heterocycles. The number of rotatable bonds is 13. The summed E-state index contributed by atoms with van der Waals surface area (Å²) in [6, 6.07) is 12.5. The van der Waals surface area contributed by atoms with E-state index in [-0.39, 0.29) is 23.3 Å². The summed E-state index contributed by atoms with van der Waals surface area (Å²) in [6.45, 7) is 14.8. The number of carbonyl (C=O) groups is 3. The summed E-state index contributed by atoms with van der Waals surface area (Å²) in [5.74, 6) is -2.66. The molecule has 3 atom stereocenters. The first-order chi connectivity index (χ1) is 20.7. The van der Waals surface area contributed by atoms with E-state index in [4.69, 9.17) is 0 Å². The Labute approximate surface area is 268 Å². The van der Waals surface area contributed by atoms with Gasteiger partial charge in [0.05, 0.1) is 17.8 Å². The Morgan fingerprint density at radius 3 is 1.98 bits per heavy atom. The van der Waals surface area contributed by atoms with Crippen molar-refractivity contribution in [3.05, 3.63) is 83.2 Å². The van der Waals surface area contributed by atoms with Crippen molar-refractivity contribution in [1.29, 1.82) is 0 Å². The largest absolute Gasteiger partial charge is 0.342 e. The Morgan fingerprint density at radius 2 is 1.49 bits per heavy atom. The van der Waals surface area contributed by atoms with E-state index in [1.54, 1.807) is 20.2 Å². The highest BCUT2D eigenvalue weighted by molar-refractivity contribution is 7.89. The quantitative estimate of drug-likeness (QED) is 0.280. The molecule has 3 unspecified atom stereocenters. The molecule has 0 aliphatic rings. The fraction of sp³-hybridized carbons (Fsp3) is 0.500. The van der Waals surface area contributed by atoms with Gasteiger partial charge in [-0.3, -0.25) is 14.4 Å². The molecule has 2 aromatic rings. The van der Waals surface area contributed by atoms with E-state index in [0.717, 1.165) is 17.7 Å². The first-order valence-corrected chi connectivity index (χ1v) is 16.6. The summed E-state index contributed by atoms with van der Waals surface area (Å²) in [6.07, 6.45) is 1.56. The number of nitrogens with one attached hydrogen (secondary N) is 3. The molecule has 0 aromatic heterocycles. The van der Waals surface area contributed by atoms with E-state index >= 15 is 0 Å². The van der Waals surface area contributed by atoms with Crippen molar-refractivity contribution >= 4 is 27.7 Å². The van der Waals surface area contributed by atoms with Gasteiger partial charge in [-0.2, -0.15) is 0 Å². The van der Waals surface area contributed by atoms with Gasteiger partial charge in [0.15, 0.2) is 0 Å². The predicted molar refractivity (Wildman–Crippen MR) is 176 cm³/mol. The van der Waals surface area contributed by atoms with E-state index in [0.29, 0.717) is 5.56 Å². The molecular weight excluding hydrogens is 595 g/mol. The van der Waals surface area contributed by atoms with Crippen molar-refractivity contribution in [2.24, 2.45) is 11.3 Å². The highest BCUT2D eigenvalue weighted by Gasteiger charge is 2.41. The topological polar surface area (TPSA) is 125 Å². The predicted octanol–water partition coefficient (Wildman–Crippen LogP) is 4.30. The van der Waals surface area contributed by atoms with Crippen LogP contribution in [0, 0.1) is 17.2 Å². The van der Waals surface area contributed by atoms with Crippen molar-refractivity contribution in [3.63, 3.8) is 0 Å². The first kappa shape index (κ1) is 37.6. The maximum absolute atomic E-state index is 14.0. The molecule has 0 fully saturated rings. The van der Waals surface area contributed by atoms with Gasteiger partial charge in [0, 0.05) is 18.0 Å². The lowest BCUT2D eigenvalue weighted by Crippen LogP contribution is -2.61. The smallest absolute Gasteiger partial charge is 0.260 e. The molecule has 9 nitrogen and oxygen atoms in total. The van der Waals surface area contributed by atoms with Gasteiger partial charge in [0.25, 0.3) is 5.91 Å². The van der Waals surface area contributed by atoms with Gasteiger partial charge in [-0.25, -0.2) is 17.5 Å². The average molecular weight is 645 g/mol. The minimum Gasteiger partial charge on any atom is -0.342 e. The molecule has 3 N–H and O–H groups in total. The number of amides is 3. The number of likely N-dealkylation sites (N-methyl/N-ethyl adjacent to an activating group) is 2. The molecule has 0 saturated heterocycles. The van der Waals surface area contributed by atoms with Crippen molar-refractivity contribution in [2.75, 3.05) is 14.1 Å². The molecular formula is C34H49FN4O5S. The number of carbonyl (C=O) groups excluding carboxylic acids is 3. The third-order valence-electron chi connectivity index (χ3n) is 7.96. The third kappa shape index (κ3) is 10.2. The Bertz CT molecular complexity index is 1470. The molecule has 0 aliphatic carbocycles. The minimum atomic E-state index is -4.07. The SMILES string of the molecule is CNC(C(=O)NC(C(=O)N(C)C(/C=C(\C)C(=O)NS(=O)(=O)Cc1ccc(F)cc1)C(C)C)C(C)(C)C)C(C)(C)c1ccccc1. The van der Waals surface area contributed by atoms with Gasteiger partial charge < -0.3 is 15.5 Å². The van der Waals surface area contributed by atoms with Crippen molar-refractivity contribution in [2.45, 2.75) is 84.7 Å². The van der Waals surface area contributed by atoms with E-state index < -0.39 is 56.5 Å². The van der Waals surface area contributed by atoms with Gasteiger partial charge in [-0.05, 0) is 48.6 Å². The molecule has 0 radical (unpaired) electrons. The molecule has 2 rings (SSSR count). The molecule has 0 heterocycles. The van der Waals surface area contributed by atoms with Crippen LogP contribution >= 0.6 is 0 Å². The van der Waals surface area contributed by atoms with Crippen molar-refractivity contribution in [1.82, 2.24) is 20.3 Å². The van der Waals surface area contributed by atoms with Crippen molar-refractivity contribution in [3.8, 4) is 0 Å². The number of benzene rings is 2. The second-order valence-electron chi connectivity index (χ2n) is 13.5. The maximum atomic E-state index is 14.0. The zero-order chi connectivity index (χ0) is 34.3. The van der Waals surface area contributed by atoms with E-state index in [1.807, 2.05) is 78.8 Å². The maximum Gasteiger partial charge on any atom is 0.260 e. The summed E-state index contributed by atoms with van der Waals surface area (Å²) in [5.41, 5.74) is 0.136. The normalized spacial score (nSPS) is 14.8. The van der Waals surface area contributed by atoms with Gasteiger partial charge in [-0.1, -0.05) is 97.0 Å². The second-order valence-corrected chi connectivity index (χ2v) is 15.2. The van der Waals surface area contributed by atoms with Gasteiger partial charge in [0.1, 0.15) is 11.9 Å². The molecule has 11 heteroatoms. The monoisotopic (exact) mass is 644 g/mol. The fourth-order valence-corrected chi connectivity index (χ4v) is 6.37. The Balaban J connectivity index is 2.29. The lowest BCUT2D eigenvalue weighted by atomic mass is 9.76. The highest BCUT2D eigenvalue weighted by atomic mass is 32.2. The van der Waals surface area contributed by atoms with Crippen LogP contribution in [-0.4, -0.2) is 63.3 Å². The van der Waals surface area contributed by atoms with Crippen LogP contribution in [0.4, 0.5) is 4.39 Å². The molecule has 0 spiro atoms. The molecule has 248 valence electrons. The number of nitrogens with zero attached hydrogens (tertiary/aromatic N) is 1. The summed E-state index contributed by atoms with van der Waals surface area (Å²) < 4.78 is 40.5. The number of halogens is 1. The van der Waals surface area contributed by atoms with Crippen LogP contribution in [0.3, 0.4) is 0 Å². The molecule has 0 bridgehead atoms. The summed E-state index contributed by atoms with van der Waals surface area (Å²) in [5, 5.41) is 6.12. The number of hydrogen-bond donors (Lipinski definition) is 3. The third-order valence-corrected chi connectivity index (χ3v) is 9.17. The molecule has 3 amide bonds. The number of sulfonamides is 1. The van der Waals surface area contributed by atoms with Crippen LogP contribution in [0.2, 0.25) is 0 Å². The van der Waals surface area contributed by atoms with E-state index in [9.17, 15) is 27.2 Å². The van der Waals surface area contributed by atoms with Crippen LogP contribution in [0.1, 0.15) is 66.5 Å². The van der Waals surface area contributed by atoms with Gasteiger partial charge in [0.2, 0.25) is 21.8 Å².